The summed E-state index contributed by atoms with van der Waals surface area (Å²) < 4.78 is 7.33. The van der Waals surface area contributed by atoms with Crippen molar-refractivity contribution in [3.8, 4) is 44.9 Å². The Morgan fingerprint density at radius 2 is 0.920 bits per heavy atom. The van der Waals surface area contributed by atoms with Gasteiger partial charge in [0, 0.05) is 34.1 Å². The number of benzene rings is 8. The Kier molecular flexibility index (Phi) is 5.62. The quantitative estimate of drug-likeness (QED) is 0.180. The molecule has 2 aliphatic rings. The summed E-state index contributed by atoms with van der Waals surface area (Å²) in [5, 5.41) is 6.76. The second-order valence-electron chi connectivity index (χ2n) is 13.4. The average Bonchev–Trinajstić information content (AvgIpc) is 3.66. The molecule has 2 heteroatoms. The molecule has 0 fully saturated rings. The lowest BCUT2D eigenvalue weighted by Crippen LogP contribution is -2.25. The largest absolute Gasteiger partial charge is 0.455 e. The average molecular weight is 636 g/mol. The molecule has 0 N–H and O–H groups in total. The van der Waals surface area contributed by atoms with Crippen LogP contribution >= 0.6 is 0 Å². The predicted molar refractivity (Wildman–Crippen MR) is 205 cm³/mol. The van der Waals surface area contributed by atoms with E-state index in [-0.39, 0.29) is 0 Å². The Morgan fingerprint density at radius 1 is 0.380 bits per heavy atom. The molecule has 0 amide bonds. The van der Waals surface area contributed by atoms with E-state index in [2.05, 4.69) is 169 Å². The zero-order valence-corrected chi connectivity index (χ0v) is 27.1. The number of hydrogen-bond acceptors (Lipinski definition) is 2. The molecule has 0 saturated carbocycles. The summed E-state index contributed by atoms with van der Waals surface area (Å²) in [6.45, 7) is 0. The Morgan fingerprint density at radius 3 is 1.70 bits per heavy atom. The van der Waals surface area contributed by atoms with Gasteiger partial charge < -0.3 is 4.74 Å². The number of fused-ring (bicyclic) bond motifs is 13. The number of pyridine rings is 1. The molecular weight excluding hydrogens is 607 g/mol. The summed E-state index contributed by atoms with van der Waals surface area (Å²) in [5.74, 6) is 1.70. The SMILES string of the molecule is c1ccc2c(c1)-c1ccccc1C21c2ccccc2-c2c(Oc3c4ccccc4c(-c4cccc5ccccc45)c4cnccc34)cccc21. The molecule has 1 heterocycles. The number of ether oxygens (including phenoxy) is 1. The Labute approximate surface area is 289 Å². The maximum atomic E-state index is 7.33. The molecule has 2 aliphatic carbocycles. The summed E-state index contributed by atoms with van der Waals surface area (Å²) >= 11 is 0. The molecule has 0 radical (unpaired) electrons. The van der Waals surface area contributed by atoms with Gasteiger partial charge in [0.1, 0.15) is 11.5 Å². The minimum Gasteiger partial charge on any atom is -0.455 e. The molecular formula is C48H29NO. The van der Waals surface area contributed by atoms with Crippen LogP contribution < -0.4 is 4.74 Å². The van der Waals surface area contributed by atoms with Crippen LogP contribution in [0, 0.1) is 0 Å². The van der Waals surface area contributed by atoms with Gasteiger partial charge in [-0.05, 0) is 78.4 Å². The van der Waals surface area contributed by atoms with Crippen molar-refractivity contribution >= 4 is 32.3 Å². The van der Waals surface area contributed by atoms with Gasteiger partial charge in [0.05, 0.1) is 5.41 Å². The van der Waals surface area contributed by atoms with Crippen molar-refractivity contribution < 1.29 is 4.74 Å². The van der Waals surface area contributed by atoms with E-state index in [9.17, 15) is 0 Å². The van der Waals surface area contributed by atoms with Crippen LogP contribution in [0.3, 0.4) is 0 Å². The van der Waals surface area contributed by atoms with E-state index in [1.54, 1.807) is 0 Å². The maximum absolute atomic E-state index is 7.33. The fraction of sp³-hybridized carbons (Fsp3) is 0.0208. The first-order chi connectivity index (χ1) is 24.8. The molecule has 50 heavy (non-hydrogen) atoms. The van der Waals surface area contributed by atoms with Gasteiger partial charge in [0.25, 0.3) is 0 Å². The summed E-state index contributed by atoms with van der Waals surface area (Å²) in [4.78, 5) is 4.66. The topological polar surface area (TPSA) is 22.1 Å². The van der Waals surface area contributed by atoms with E-state index >= 15 is 0 Å². The molecule has 11 rings (SSSR count). The normalized spacial score (nSPS) is 13.4. The third-order valence-corrected chi connectivity index (χ3v) is 11.0. The van der Waals surface area contributed by atoms with Gasteiger partial charge in [0.2, 0.25) is 0 Å². The van der Waals surface area contributed by atoms with Crippen LogP contribution in [-0.2, 0) is 5.41 Å². The number of rotatable bonds is 3. The summed E-state index contributed by atoms with van der Waals surface area (Å²) in [6.07, 6.45) is 3.88. The molecule has 0 aliphatic heterocycles. The van der Waals surface area contributed by atoms with Crippen LogP contribution in [0.5, 0.6) is 11.5 Å². The Balaban J connectivity index is 1.19. The molecule has 1 aromatic heterocycles. The van der Waals surface area contributed by atoms with E-state index < -0.39 is 5.41 Å². The van der Waals surface area contributed by atoms with Crippen LogP contribution in [0.4, 0.5) is 0 Å². The molecule has 9 aromatic rings. The Hall–Kier alpha value is -6.51. The van der Waals surface area contributed by atoms with Gasteiger partial charge in [-0.1, -0.05) is 152 Å². The molecule has 0 saturated heterocycles. The van der Waals surface area contributed by atoms with Crippen LogP contribution in [0.2, 0.25) is 0 Å². The lowest BCUT2D eigenvalue weighted by Gasteiger charge is -2.30. The second kappa shape index (κ2) is 10.2. The van der Waals surface area contributed by atoms with Gasteiger partial charge in [-0.25, -0.2) is 0 Å². The van der Waals surface area contributed by atoms with Crippen LogP contribution in [0.15, 0.2) is 176 Å². The summed E-state index contributed by atoms with van der Waals surface area (Å²) in [5.41, 5.74) is 12.1. The zero-order valence-electron chi connectivity index (χ0n) is 27.1. The van der Waals surface area contributed by atoms with Gasteiger partial charge in [-0.3, -0.25) is 4.98 Å². The third kappa shape index (κ3) is 3.50. The molecule has 232 valence electrons. The predicted octanol–water partition coefficient (Wildman–Crippen LogP) is 12.3. The molecule has 8 aromatic carbocycles. The first kappa shape index (κ1) is 27.4. The van der Waals surface area contributed by atoms with Crippen molar-refractivity contribution in [1.82, 2.24) is 4.98 Å². The smallest absolute Gasteiger partial charge is 0.143 e. The highest BCUT2D eigenvalue weighted by atomic mass is 16.5. The highest BCUT2D eigenvalue weighted by Crippen LogP contribution is 2.64. The van der Waals surface area contributed by atoms with Gasteiger partial charge in [-0.15, -0.1) is 0 Å². The van der Waals surface area contributed by atoms with E-state index in [0.717, 1.165) is 38.6 Å². The molecule has 0 atom stereocenters. The minimum absolute atomic E-state index is 0.426. The van der Waals surface area contributed by atoms with Crippen LogP contribution in [0.1, 0.15) is 22.3 Å². The number of aromatic nitrogens is 1. The second-order valence-corrected chi connectivity index (χ2v) is 13.4. The van der Waals surface area contributed by atoms with Crippen LogP contribution in [0.25, 0.3) is 65.7 Å². The lowest BCUT2D eigenvalue weighted by molar-refractivity contribution is 0.495. The summed E-state index contributed by atoms with van der Waals surface area (Å²) in [7, 11) is 0. The van der Waals surface area contributed by atoms with Crippen molar-refractivity contribution in [1.29, 1.82) is 0 Å². The van der Waals surface area contributed by atoms with Crippen molar-refractivity contribution in [2.75, 3.05) is 0 Å². The number of nitrogens with zero attached hydrogens (tertiary/aromatic N) is 1. The van der Waals surface area contributed by atoms with E-state index in [4.69, 9.17) is 4.74 Å². The zero-order chi connectivity index (χ0) is 32.8. The van der Waals surface area contributed by atoms with Crippen LogP contribution in [-0.4, -0.2) is 4.98 Å². The standard InChI is InChI=1S/C48H29NO/c1-2-15-31-30(13-1)14-11-21-34(31)45-35-18-3-4-19-36(35)47(37-27-28-49-29-39(37)45)50-44-26-12-25-43-46(44)38-20-7-10-24-42(38)48(43)40-22-8-5-16-32(40)33-17-6-9-23-41(33)48/h1-29H. The third-order valence-electron chi connectivity index (χ3n) is 11.0. The molecule has 0 bridgehead atoms. The van der Waals surface area contributed by atoms with Gasteiger partial charge in [0.15, 0.2) is 0 Å². The number of hydrogen-bond donors (Lipinski definition) is 0. The monoisotopic (exact) mass is 635 g/mol. The van der Waals surface area contributed by atoms with E-state index in [0.29, 0.717) is 0 Å². The van der Waals surface area contributed by atoms with E-state index in [1.807, 2.05) is 12.4 Å². The molecule has 2 nitrogen and oxygen atoms in total. The van der Waals surface area contributed by atoms with Gasteiger partial charge >= 0.3 is 0 Å². The minimum atomic E-state index is -0.426. The van der Waals surface area contributed by atoms with E-state index in [1.165, 1.54) is 60.8 Å². The highest BCUT2D eigenvalue weighted by Gasteiger charge is 2.52. The first-order valence-electron chi connectivity index (χ1n) is 17.2. The van der Waals surface area contributed by atoms with Gasteiger partial charge in [-0.2, -0.15) is 0 Å². The van der Waals surface area contributed by atoms with Crippen molar-refractivity contribution in [3.63, 3.8) is 0 Å². The highest BCUT2D eigenvalue weighted by molar-refractivity contribution is 6.20. The fourth-order valence-electron chi connectivity index (χ4n) is 9.13. The van der Waals surface area contributed by atoms with Crippen molar-refractivity contribution in [3.05, 3.63) is 198 Å². The maximum Gasteiger partial charge on any atom is 0.143 e. The van der Waals surface area contributed by atoms with Crippen molar-refractivity contribution in [2.24, 2.45) is 0 Å². The van der Waals surface area contributed by atoms with Crippen molar-refractivity contribution in [2.45, 2.75) is 5.41 Å². The summed E-state index contributed by atoms with van der Waals surface area (Å²) in [6, 6.07) is 59.3. The Bertz CT molecular complexity index is 2760. The first-order valence-corrected chi connectivity index (χ1v) is 17.2. The lowest BCUT2D eigenvalue weighted by atomic mass is 9.70. The molecule has 0 unspecified atom stereocenters. The fourth-order valence-corrected chi connectivity index (χ4v) is 9.13. The molecule has 1 spiro atoms.